The lowest BCUT2D eigenvalue weighted by atomic mass is 10.0. The van der Waals surface area contributed by atoms with E-state index in [1.165, 1.54) is 0 Å². The van der Waals surface area contributed by atoms with E-state index in [2.05, 4.69) is 44.7 Å². The maximum absolute atomic E-state index is 11.8. The second-order valence-corrected chi connectivity index (χ2v) is 7.71. The fraction of sp³-hybridized carbons (Fsp3) is 0.650. The van der Waals surface area contributed by atoms with Gasteiger partial charge >= 0.3 is 5.97 Å². The fourth-order valence-electron chi connectivity index (χ4n) is 3.32. The average molecular weight is 332 g/mol. The van der Waals surface area contributed by atoms with E-state index < -0.39 is 0 Å². The van der Waals surface area contributed by atoms with Gasteiger partial charge in [-0.3, -0.25) is 4.79 Å². The highest BCUT2D eigenvalue weighted by molar-refractivity contribution is 5.78. The minimum Gasteiger partial charge on any atom is -0.466 e. The third-order valence-electron chi connectivity index (χ3n) is 4.37. The van der Waals surface area contributed by atoms with E-state index in [-0.39, 0.29) is 17.8 Å². The Labute approximate surface area is 146 Å². The molecule has 1 aromatic rings. The van der Waals surface area contributed by atoms with E-state index in [4.69, 9.17) is 10.5 Å². The van der Waals surface area contributed by atoms with Gasteiger partial charge in [0.15, 0.2) is 0 Å². The SMILES string of the molecule is CCOC(=O)[C@@H]1C[C@@H]1c1ccc(N(CC(C)C)CC(C)C)c(N)c1. The first kappa shape index (κ1) is 18.6. The molecule has 1 fully saturated rings. The summed E-state index contributed by atoms with van der Waals surface area (Å²) in [5.41, 5.74) is 9.43. The number of carbonyl (C=O) groups excluding carboxylic acids is 1. The van der Waals surface area contributed by atoms with Crippen molar-refractivity contribution in [3.8, 4) is 0 Å². The van der Waals surface area contributed by atoms with Crippen molar-refractivity contribution in [2.75, 3.05) is 30.3 Å². The van der Waals surface area contributed by atoms with Crippen LogP contribution >= 0.6 is 0 Å². The van der Waals surface area contributed by atoms with E-state index in [9.17, 15) is 4.79 Å². The van der Waals surface area contributed by atoms with E-state index >= 15 is 0 Å². The summed E-state index contributed by atoms with van der Waals surface area (Å²) in [5, 5.41) is 0. The fourth-order valence-corrected chi connectivity index (χ4v) is 3.32. The molecule has 0 amide bonds. The molecule has 2 N–H and O–H groups in total. The Balaban J connectivity index is 2.12. The van der Waals surface area contributed by atoms with Gasteiger partial charge in [-0.2, -0.15) is 0 Å². The average Bonchev–Trinajstić information content (AvgIpc) is 3.26. The van der Waals surface area contributed by atoms with E-state index in [0.29, 0.717) is 18.4 Å². The number of rotatable bonds is 8. The normalized spacial score (nSPS) is 19.6. The Morgan fingerprint density at radius 1 is 1.25 bits per heavy atom. The molecule has 4 heteroatoms. The first-order chi connectivity index (χ1) is 11.3. The Kier molecular flexibility index (Phi) is 6.14. The third kappa shape index (κ3) is 4.65. The van der Waals surface area contributed by atoms with Crippen LogP contribution in [-0.2, 0) is 9.53 Å². The molecule has 0 spiro atoms. The highest BCUT2D eigenvalue weighted by Crippen LogP contribution is 2.49. The van der Waals surface area contributed by atoms with Gasteiger partial charge in [-0.05, 0) is 48.8 Å². The molecular formula is C20H32N2O2. The van der Waals surface area contributed by atoms with Crippen LogP contribution in [0, 0.1) is 17.8 Å². The Morgan fingerprint density at radius 3 is 2.38 bits per heavy atom. The third-order valence-corrected chi connectivity index (χ3v) is 4.37. The molecule has 1 aromatic carbocycles. The van der Waals surface area contributed by atoms with Crippen LogP contribution in [0.3, 0.4) is 0 Å². The molecule has 0 unspecified atom stereocenters. The standard InChI is InChI=1S/C20H32N2O2/c1-6-24-20(23)17-10-16(17)15-7-8-19(18(21)9-15)22(11-13(2)3)12-14(4)5/h7-9,13-14,16-17H,6,10-12,21H2,1-5H3/t16-,17-/m1/s1. The summed E-state index contributed by atoms with van der Waals surface area (Å²) in [6.07, 6.45) is 0.874. The van der Waals surface area contributed by atoms with Crippen molar-refractivity contribution in [1.29, 1.82) is 0 Å². The molecule has 134 valence electrons. The van der Waals surface area contributed by atoms with Crippen LogP contribution < -0.4 is 10.6 Å². The number of nitrogen functional groups attached to an aromatic ring is 1. The molecule has 0 heterocycles. The number of benzene rings is 1. The second-order valence-electron chi connectivity index (χ2n) is 7.71. The smallest absolute Gasteiger partial charge is 0.309 e. The monoisotopic (exact) mass is 332 g/mol. The van der Waals surface area contributed by atoms with Crippen molar-refractivity contribution in [1.82, 2.24) is 0 Å². The lowest BCUT2D eigenvalue weighted by Gasteiger charge is -2.30. The largest absolute Gasteiger partial charge is 0.466 e. The lowest BCUT2D eigenvalue weighted by Crippen LogP contribution is -2.31. The maximum atomic E-state index is 11.8. The van der Waals surface area contributed by atoms with Crippen LogP contribution in [0.25, 0.3) is 0 Å². The Bertz CT molecular complexity index is 559. The predicted molar refractivity (Wildman–Crippen MR) is 100 cm³/mol. The van der Waals surface area contributed by atoms with Gasteiger partial charge < -0.3 is 15.4 Å². The van der Waals surface area contributed by atoms with Crippen LogP contribution in [0.15, 0.2) is 18.2 Å². The second kappa shape index (κ2) is 7.91. The summed E-state index contributed by atoms with van der Waals surface area (Å²) >= 11 is 0. The molecule has 0 aliphatic heterocycles. The number of nitrogens with two attached hydrogens (primary N) is 1. The van der Waals surface area contributed by atoms with Gasteiger partial charge in [0.1, 0.15) is 0 Å². The lowest BCUT2D eigenvalue weighted by molar-refractivity contribution is -0.144. The summed E-state index contributed by atoms with van der Waals surface area (Å²) in [5.74, 6) is 1.37. The van der Waals surface area contributed by atoms with Gasteiger partial charge in [0, 0.05) is 13.1 Å². The summed E-state index contributed by atoms with van der Waals surface area (Å²) in [6, 6.07) is 6.30. The van der Waals surface area contributed by atoms with E-state index in [0.717, 1.165) is 36.4 Å². The molecule has 1 aliphatic rings. The number of ether oxygens (including phenoxy) is 1. The van der Waals surface area contributed by atoms with Gasteiger partial charge in [-0.15, -0.1) is 0 Å². The summed E-state index contributed by atoms with van der Waals surface area (Å²) in [7, 11) is 0. The van der Waals surface area contributed by atoms with Crippen molar-refractivity contribution in [3.05, 3.63) is 23.8 Å². The van der Waals surface area contributed by atoms with Crippen LogP contribution in [0.4, 0.5) is 11.4 Å². The molecule has 2 rings (SSSR count). The highest BCUT2D eigenvalue weighted by atomic mass is 16.5. The molecule has 1 saturated carbocycles. The van der Waals surface area contributed by atoms with Crippen molar-refractivity contribution < 1.29 is 9.53 Å². The molecule has 1 aliphatic carbocycles. The zero-order chi connectivity index (χ0) is 17.9. The summed E-state index contributed by atoms with van der Waals surface area (Å²) < 4.78 is 5.12. The maximum Gasteiger partial charge on any atom is 0.309 e. The molecule has 0 saturated heterocycles. The van der Waals surface area contributed by atoms with Crippen molar-refractivity contribution >= 4 is 17.3 Å². The van der Waals surface area contributed by atoms with Gasteiger partial charge in [-0.25, -0.2) is 0 Å². The molecular weight excluding hydrogens is 300 g/mol. The summed E-state index contributed by atoms with van der Waals surface area (Å²) in [4.78, 5) is 14.2. The molecule has 0 bridgehead atoms. The van der Waals surface area contributed by atoms with Crippen LogP contribution in [0.2, 0.25) is 0 Å². The predicted octanol–water partition coefficient (Wildman–Crippen LogP) is 4.05. The number of hydrogen-bond acceptors (Lipinski definition) is 4. The topological polar surface area (TPSA) is 55.6 Å². The minimum absolute atomic E-state index is 0.0117. The van der Waals surface area contributed by atoms with Crippen molar-refractivity contribution in [3.63, 3.8) is 0 Å². The van der Waals surface area contributed by atoms with E-state index in [1.54, 1.807) is 0 Å². The molecule has 4 nitrogen and oxygen atoms in total. The first-order valence-electron chi connectivity index (χ1n) is 9.14. The number of anilines is 2. The minimum atomic E-state index is -0.0774. The molecule has 2 atom stereocenters. The van der Waals surface area contributed by atoms with E-state index in [1.807, 2.05) is 13.0 Å². The summed E-state index contributed by atoms with van der Waals surface area (Å²) in [6.45, 7) is 13.2. The highest BCUT2D eigenvalue weighted by Gasteiger charge is 2.45. The van der Waals surface area contributed by atoms with Gasteiger partial charge in [-0.1, -0.05) is 33.8 Å². The van der Waals surface area contributed by atoms with Gasteiger partial charge in [0.05, 0.1) is 23.9 Å². The van der Waals surface area contributed by atoms with Gasteiger partial charge in [0.25, 0.3) is 0 Å². The van der Waals surface area contributed by atoms with Gasteiger partial charge in [0.2, 0.25) is 0 Å². The zero-order valence-corrected chi connectivity index (χ0v) is 15.7. The van der Waals surface area contributed by atoms with Crippen molar-refractivity contribution in [2.45, 2.75) is 47.0 Å². The zero-order valence-electron chi connectivity index (χ0n) is 15.7. The Hall–Kier alpha value is -1.71. The van der Waals surface area contributed by atoms with Crippen LogP contribution in [0.5, 0.6) is 0 Å². The molecule has 0 aromatic heterocycles. The number of nitrogens with zero attached hydrogens (tertiary/aromatic N) is 1. The first-order valence-corrected chi connectivity index (χ1v) is 9.14. The van der Waals surface area contributed by atoms with Crippen LogP contribution in [0.1, 0.15) is 52.5 Å². The number of carbonyl (C=O) groups is 1. The number of hydrogen-bond donors (Lipinski definition) is 1. The van der Waals surface area contributed by atoms with Crippen LogP contribution in [-0.4, -0.2) is 25.7 Å². The molecule has 24 heavy (non-hydrogen) atoms. The number of esters is 1. The molecule has 0 radical (unpaired) electrons. The Morgan fingerprint density at radius 2 is 1.88 bits per heavy atom. The quantitative estimate of drug-likeness (QED) is 0.576. The van der Waals surface area contributed by atoms with Crippen molar-refractivity contribution in [2.24, 2.45) is 17.8 Å².